The van der Waals surface area contributed by atoms with Crippen LogP contribution in [-0.4, -0.2) is 7.11 Å². The molecule has 0 saturated heterocycles. The summed E-state index contributed by atoms with van der Waals surface area (Å²) in [5.41, 5.74) is 7.90. The minimum Gasteiger partial charge on any atom is -0.497 e. The van der Waals surface area contributed by atoms with E-state index in [0.717, 1.165) is 16.7 Å². The molecule has 2 aromatic carbocycles. The second-order valence-electron chi connectivity index (χ2n) is 4.99. The van der Waals surface area contributed by atoms with E-state index in [1.54, 1.807) is 19.2 Å². The van der Waals surface area contributed by atoms with Gasteiger partial charge in [0.15, 0.2) is 0 Å². The summed E-state index contributed by atoms with van der Waals surface area (Å²) >= 11 is 0. The standard InChI is InChI=1S/C17H16FNO2/c1-20-14-4-2-3-11(7-14)8-15(19)17-10-12-9-13(18)5-6-16(12)21-17/h2-7,9-10,15H,8,19H2,1H3. The maximum absolute atomic E-state index is 13.2. The van der Waals surface area contributed by atoms with Crippen molar-refractivity contribution in [2.45, 2.75) is 12.5 Å². The maximum Gasteiger partial charge on any atom is 0.134 e. The third kappa shape index (κ3) is 2.90. The van der Waals surface area contributed by atoms with Crippen LogP contribution in [0.2, 0.25) is 0 Å². The fourth-order valence-corrected chi connectivity index (χ4v) is 2.37. The van der Waals surface area contributed by atoms with Gasteiger partial charge in [-0.3, -0.25) is 0 Å². The number of hydrogen-bond donors (Lipinski definition) is 1. The van der Waals surface area contributed by atoms with Crippen molar-refractivity contribution in [1.29, 1.82) is 0 Å². The average Bonchev–Trinajstić information content (AvgIpc) is 2.90. The number of nitrogens with two attached hydrogens (primary N) is 1. The van der Waals surface area contributed by atoms with Gasteiger partial charge in [0.1, 0.15) is 22.9 Å². The first-order valence-corrected chi connectivity index (χ1v) is 6.73. The van der Waals surface area contributed by atoms with Crippen LogP contribution in [0, 0.1) is 5.82 Å². The topological polar surface area (TPSA) is 48.4 Å². The number of furan rings is 1. The van der Waals surface area contributed by atoms with Gasteiger partial charge in [-0.25, -0.2) is 4.39 Å². The number of fused-ring (bicyclic) bond motifs is 1. The molecule has 1 atom stereocenters. The molecular weight excluding hydrogens is 269 g/mol. The number of benzene rings is 2. The average molecular weight is 285 g/mol. The molecule has 1 heterocycles. The van der Waals surface area contributed by atoms with Gasteiger partial charge in [0.05, 0.1) is 13.2 Å². The van der Waals surface area contributed by atoms with Crippen LogP contribution in [-0.2, 0) is 6.42 Å². The van der Waals surface area contributed by atoms with E-state index in [1.165, 1.54) is 12.1 Å². The van der Waals surface area contributed by atoms with Gasteiger partial charge in [-0.2, -0.15) is 0 Å². The Labute approximate surface area is 122 Å². The second kappa shape index (κ2) is 5.58. The molecule has 0 aliphatic carbocycles. The molecule has 3 nitrogen and oxygen atoms in total. The molecule has 0 fully saturated rings. The molecule has 0 saturated carbocycles. The smallest absolute Gasteiger partial charge is 0.134 e. The lowest BCUT2D eigenvalue weighted by Crippen LogP contribution is -2.12. The van der Waals surface area contributed by atoms with Crippen molar-refractivity contribution in [2.24, 2.45) is 5.73 Å². The zero-order chi connectivity index (χ0) is 14.8. The summed E-state index contributed by atoms with van der Waals surface area (Å²) in [6, 6.07) is 13.7. The number of rotatable bonds is 4. The summed E-state index contributed by atoms with van der Waals surface area (Å²) in [5.74, 6) is 1.17. The van der Waals surface area contributed by atoms with Crippen molar-refractivity contribution in [3.05, 3.63) is 65.7 Å². The van der Waals surface area contributed by atoms with Gasteiger partial charge in [-0.05, 0) is 48.4 Å². The van der Waals surface area contributed by atoms with Gasteiger partial charge >= 0.3 is 0 Å². The molecular formula is C17H16FNO2. The van der Waals surface area contributed by atoms with Crippen LogP contribution in [0.1, 0.15) is 17.4 Å². The molecule has 108 valence electrons. The van der Waals surface area contributed by atoms with E-state index in [0.29, 0.717) is 17.8 Å². The van der Waals surface area contributed by atoms with E-state index >= 15 is 0 Å². The fourth-order valence-electron chi connectivity index (χ4n) is 2.37. The highest BCUT2D eigenvalue weighted by molar-refractivity contribution is 5.78. The van der Waals surface area contributed by atoms with Gasteiger partial charge in [0, 0.05) is 5.39 Å². The van der Waals surface area contributed by atoms with Crippen LogP contribution in [0.4, 0.5) is 4.39 Å². The van der Waals surface area contributed by atoms with E-state index in [9.17, 15) is 4.39 Å². The lowest BCUT2D eigenvalue weighted by molar-refractivity contribution is 0.414. The zero-order valence-electron chi connectivity index (χ0n) is 11.7. The molecule has 1 unspecified atom stereocenters. The number of ether oxygens (including phenoxy) is 1. The Balaban J connectivity index is 1.84. The SMILES string of the molecule is COc1cccc(CC(N)c2cc3cc(F)ccc3o2)c1. The second-order valence-corrected chi connectivity index (χ2v) is 4.99. The highest BCUT2D eigenvalue weighted by Crippen LogP contribution is 2.26. The Morgan fingerprint density at radius 2 is 2.05 bits per heavy atom. The van der Waals surface area contributed by atoms with Crippen LogP contribution in [0.15, 0.2) is 52.9 Å². The number of methoxy groups -OCH3 is 1. The van der Waals surface area contributed by atoms with Crippen LogP contribution in [0.3, 0.4) is 0 Å². The Kier molecular flexibility index (Phi) is 3.62. The summed E-state index contributed by atoms with van der Waals surface area (Å²) < 4.78 is 24.1. The summed E-state index contributed by atoms with van der Waals surface area (Å²) in [6.07, 6.45) is 0.625. The van der Waals surface area contributed by atoms with Gasteiger partial charge in [-0.15, -0.1) is 0 Å². The summed E-state index contributed by atoms with van der Waals surface area (Å²) in [7, 11) is 1.63. The molecule has 1 aromatic heterocycles. The van der Waals surface area contributed by atoms with E-state index in [1.807, 2.05) is 24.3 Å². The van der Waals surface area contributed by atoms with E-state index in [-0.39, 0.29) is 11.9 Å². The molecule has 0 aliphatic rings. The third-order valence-corrected chi connectivity index (χ3v) is 3.45. The van der Waals surface area contributed by atoms with E-state index < -0.39 is 0 Å². The normalized spacial score (nSPS) is 12.5. The van der Waals surface area contributed by atoms with Crippen LogP contribution in [0.25, 0.3) is 11.0 Å². The lowest BCUT2D eigenvalue weighted by atomic mass is 10.0. The molecule has 3 rings (SSSR count). The fraction of sp³-hybridized carbons (Fsp3) is 0.176. The first-order valence-electron chi connectivity index (χ1n) is 6.73. The molecule has 0 spiro atoms. The third-order valence-electron chi connectivity index (χ3n) is 3.45. The van der Waals surface area contributed by atoms with Crippen LogP contribution in [0.5, 0.6) is 5.75 Å². The summed E-state index contributed by atoms with van der Waals surface area (Å²) in [5, 5.41) is 0.728. The molecule has 0 aliphatic heterocycles. The quantitative estimate of drug-likeness (QED) is 0.792. The molecule has 21 heavy (non-hydrogen) atoms. The summed E-state index contributed by atoms with van der Waals surface area (Å²) in [4.78, 5) is 0. The van der Waals surface area contributed by atoms with Gasteiger partial charge < -0.3 is 14.9 Å². The highest BCUT2D eigenvalue weighted by Gasteiger charge is 2.13. The Hall–Kier alpha value is -2.33. The van der Waals surface area contributed by atoms with Gasteiger partial charge in [0.25, 0.3) is 0 Å². The number of hydrogen-bond acceptors (Lipinski definition) is 3. The molecule has 0 bridgehead atoms. The summed E-state index contributed by atoms with van der Waals surface area (Å²) in [6.45, 7) is 0. The first-order chi connectivity index (χ1) is 10.2. The Morgan fingerprint density at radius 1 is 1.19 bits per heavy atom. The Morgan fingerprint density at radius 3 is 2.86 bits per heavy atom. The predicted octanol–water partition coefficient (Wildman–Crippen LogP) is 3.82. The van der Waals surface area contributed by atoms with Crippen molar-refractivity contribution < 1.29 is 13.5 Å². The molecule has 0 radical (unpaired) electrons. The zero-order valence-corrected chi connectivity index (χ0v) is 11.7. The lowest BCUT2D eigenvalue weighted by Gasteiger charge is -2.09. The van der Waals surface area contributed by atoms with Crippen molar-refractivity contribution in [3.8, 4) is 5.75 Å². The van der Waals surface area contributed by atoms with Crippen LogP contribution < -0.4 is 10.5 Å². The van der Waals surface area contributed by atoms with E-state index in [4.69, 9.17) is 14.9 Å². The minimum absolute atomic E-state index is 0.281. The minimum atomic E-state index is -0.285. The largest absolute Gasteiger partial charge is 0.497 e. The highest BCUT2D eigenvalue weighted by atomic mass is 19.1. The maximum atomic E-state index is 13.2. The monoisotopic (exact) mass is 285 g/mol. The predicted molar refractivity (Wildman–Crippen MR) is 79.8 cm³/mol. The Bertz CT molecular complexity index is 766. The van der Waals surface area contributed by atoms with Gasteiger partial charge in [-0.1, -0.05) is 12.1 Å². The molecule has 0 amide bonds. The van der Waals surface area contributed by atoms with Crippen molar-refractivity contribution >= 4 is 11.0 Å². The van der Waals surface area contributed by atoms with Gasteiger partial charge in [0.2, 0.25) is 0 Å². The van der Waals surface area contributed by atoms with Crippen molar-refractivity contribution in [1.82, 2.24) is 0 Å². The first kappa shape index (κ1) is 13.6. The van der Waals surface area contributed by atoms with E-state index in [2.05, 4.69) is 0 Å². The molecule has 3 aromatic rings. The molecule has 2 N–H and O–H groups in total. The molecule has 4 heteroatoms. The number of halogens is 1. The van der Waals surface area contributed by atoms with Crippen LogP contribution >= 0.6 is 0 Å². The van der Waals surface area contributed by atoms with Crippen molar-refractivity contribution in [3.63, 3.8) is 0 Å². The van der Waals surface area contributed by atoms with Crippen molar-refractivity contribution in [2.75, 3.05) is 7.11 Å².